The summed E-state index contributed by atoms with van der Waals surface area (Å²) in [6.07, 6.45) is 9.79. The number of hydrogen-bond donors (Lipinski definition) is 0. The topological polar surface area (TPSA) is 20.3 Å². The van der Waals surface area contributed by atoms with Gasteiger partial charge >= 0.3 is 0 Å². The monoisotopic (exact) mass is 277 g/mol. The van der Waals surface area contributed by atoms with Gasteiger partial charge in [0.2, 0.25) is 5.91 Å². The van der Waals surface area contributed by atoms with Crippen molar-refractivity contribution in [1.29, 1.82) is 0 Å². The third-order valence-electron chi connectivity index (χ3n) is 4.65. The molecular weight excluding hydrogens is 254 g/mol. The van der Waals surface area contributed by atoms with Crippen LogP contribution >= 0.6 is 11.3 Å². The second kappa shape index (κ2) is 6.08. The van der Waals surface area contributed by atoms with Gasteiger partial charge in [0.15, 0.2) is 0 Å². The van der Waals surface area contributed by atoms with E-state index in [1.54, 1.807) is 0 Å². The zero-order valence-electron chi connectivity index (χ0n) is 11.6. The van der Waals surface area contributed by atoms with Crippen LogP contribution in [0.3, 0.4) is 0 Å². The van der Waals surface area contributed by atoms with Gasteiger partial charge in [0.1, 0.15) is 0 Å². The number of fused-ring (bicyclic) bond motifs is 1. The Bertz CT molecular complexity index is 434. The fraction of sp³-hybridized carbons (Fsp3) is 0.688. The lowest BCUT2D eigenvalue weighted by atomic mass is 9.86. The molecule has 0 aromatic carbocycles. The second-order valence-corrected chi connectivity index (χ2v) is 6.98. The van der Waals surface area contributed by atoms with E-state index < -0.39 is 0 Å². The van der Waals surface area contributed by atoms with Gasteiger partial charge in [-0.2, -0.15) is 0 Å². The maximum absolute atomic E-state index is 12.3. The van der Waals surface area contributed by atoms with Crippen LogP contribution in [0.1, 0.15) is 55.4 Å². The summed E-state index contributed by atoms with van der Waals surface area (Å²) in [6.45, 7) is 1.78. The van der Waals surface area contributed by atoms with Crippen molar-refractivity contribution in [2.45, 2.75) is 57.9 Å². The normalized spacial score (nSPS) is 20.3. The van der Waals surface area contributed by atoms with Gasteiger partial charge in [0.25, 0.3) is 0 Å². The first kappa shape index (κ1) is 13.2. The van der Waals surface area contributed by atoms with Crippen LogP contribution in [0.4, 0.5) is 0 Å². The number of carbonyl (C=O) groups excluding carboxylic acids is 1. The van der Waals surface area contributed by atoms with Crippen LogP contribution in [-0.4, -0.2) is 17.4 Å². The summed E-state index contributed by atoms with van der Waals surface area (Å²) >= 11 is 1.84. The molecule has 0 radical (unpaired) electrons. The van der Waals surface area contributed by atoms with Gasteiger partial charge in [-0.05, 0) is 35.8 Å². The Labute approximate surface area is 119 Å². The van der Waals surface area contributed by atoms with Gasteiger partial charge in [0.05, 0.1) is 0 Å². The molecule has 0 unspecified atom stereocenters. The Hall–Kier alpha value is -0.830. The van der Waals surface area contributed by atoms with Crippen LogP contribution in [0.15, 0.2) is 11.4 Å². The Morgan fingerprint density at radius 2 is 2.16 bits per heavy atom. The number of nitrogens with zero attached hydrogens (tertiary/aromatic N) is 1. The first-order valence-corrected chi connectivity index (χ1v) is 8.54. The predicted octanol–water partition coefficient (Wildman–Crippen LogP) is 3.99. The molecule has 104 valence electrons. The first-order valence-electron chi connectivity index (χ1n) is 7.66. The zero-order valence-corrected chi connectivity index (χ0v) is 12.4. The number of thiophene rings is 1. The van der Waals surface area contributed by atoms with E-state index in [1.165, 1.54) is 42.5 Å². The van der Waals surface area contributed by atoms with E-state index in [1.807, 2.05) is 11.3 Å². The number of carbonyl (C=O) groups is 1. The molecule has 1 aromatic heterocycles. The quantitative estimate of drug-likeness (QED) is 0.818. The third kappa shape index (κ3) is 3.19. The SMILES string of the molecule is O=C(CCC1CCCCC1)N1CCc2sccc2C1. The lowest BCUT2D eigenvalue weighted by Gasteiger charge is -2.28. The summed E-state index contributed by atoms with van der Waals surface area (Å²) in [5.41, 5.74) is 1.38. The molecule has 0 bridgehead atoms. The molecule has 1 aliphatic carbocycles. The van der Waals surface area contributed by atoms with E-state index in [0.717, 1.165) is 38.3 Å². The molecule has 0 atom stereocenters. The van der Waals surface area contributed by atoms with Crippen molar-refractivity contribution in [3.8, 4) is 0 Å². The van der Waals surface area contributed by atoms with E-state index in [9.17, 15) is 4.79 Å². The van der Waals surface area contributed by atoms with E-state index >= 15 is 0 Å². The predicted molar refractivity (Wildman–Crippen MR) is 79.2 cm³/mol. The molecule has 1 amide bonds. The van der Waals surface area contributed by atoms with Crippen LogP contribution in [0.2, 0.25) is 0 Å². The van der Waals surface area contributed by atoms with Crippen LogP contribution in [-0.2, 0) is 17.8 Å². The number of amides is 1. The van der Waals surface area contributed by atoms with Crippen molar-refractivity contribution in [3.63, 3.8) is 0 Å². The van der Waals surface area contributed by atoms with Crippen molar-refractivity contribution in [2.75, 3.05) is 6.54 Å². The molecule has 0 spiro atoms. The highest BCUT2D eigenvalue weighted by Gasteiger charge is 2.22. The number of rotatable bonds is 3. The molecule has 1 aromatic rings. The van der Waals surface area contributed by atoms with Crippen molar-refractivity contribution in [1.82, 2.24) is 4.90 Å². The Balaban J connectivity index is 1.48. The largest absolute Gasteiger partial charge is 0.338 e. The molecule has 3 rings (SSSR count). The summed E-state index contributed by atoms with van der Waals surface area (Å²) in [5.74, 6) is 1.20. The Morgan fingerprint density at radius 1 is 1.32 bits per heavy atom. The van der Waals surface area contributed by atoms with Crippen molar-refractivity contribution < 1.29 is 4.79 Å². The van der Waals surface area contributed by atoms with Crippen molar-refractivity contribution >= 4 is 17.2 Å². The summed E-state index contributed by atoms with van der Waals surface area (Å²) in [5, 5.41) is 2.15. The van der Waals surface area contributed by atoms with Crippen molar-refractivity contribution in [2.24, 2.45) is 5.92 Å². The number of hydrogen-bond acceptors (Lipinski definition) is 2. The minimum atomic E-state index is 0.377. The molecule has 3 heteroatoms. The molecule has 2 aliphatic rings. The molecule has 0 N–H and O–H groups in total. The van der Waals surface area contributed by atoms with Crippen LogP contribution in [0, 0.1) is 5.92 Å². The minimum absolute atomic E-state index is 0.377. The average molecular weight is 277 g/mol. The lowest BCUT2D eigenvalue weighted by Crippen LogP contribution is -2.35. The van der Waals surface area contributed by atoms with E-state index in [4.69, 9.17) is 0 Å². The molecule has 1 saturated carbocycles. The van der Waals surface area contributed by atoms with Gasteiger partial charge in [-0.3, -0.25) is 4.79 Å². The van der Waals surface area contributed by atoms with Crippen LogP contribution < -0.4 is 0 Å². The maximum Gasteiger partial charge on any atom is 0.222 e. The van der Waals surface area contributed by atoms with E-state index in [-0.39, 0.29) is 0 Å². The summed E-state index contributed by atoms with van der Waals surface area (Å²) in [7, 11) is 0. The minimum Gasteiger partial charge on any atom is -0.338 e. The van der Waals surface area contributed by atoms with Gasteiger partial charge in [-0.15, -0.1) is 11.3 Å². The second-order valence-electron chi connectivity index (χ2n) is 5.98. The van der Waals surface area contributed by atoms with Gasteiger partial charge < -0.3 is 4.90 Å². The highest BCUT2D eigenvalue weighted by atomic mass is 32.1. The summed E-state index contributed by atoms with van der Waals surface area (Å²) in [6, 6.07) is 2.18. The van der Waals surface area contributed by atoms with Crippen LogP contribution in [0.5, 0.6) is 0 Å². The van der Waals surface area contributed by atoms with Gasteiger partial charge in [-0.25, -0.2) is 0 Å². The standard InChI is InChI=1S/C16H23NOS/c18-16(7-6-13-4-2-1-3-5-13)17-10-8-15-14(12-17)9-11-19-15/h9,11,13H,1-8,10,12H2. The maximum atomic E-state index is 12.3. The van der Waals surface area contributed by atoms with Gasteiger partial charge in [-0.1, -0.05) is 32.1 Å². The Morgan fingerprint density at radius 3 is 3.00 bits per heavy atom. The first-order chi connectivity index (χ1) is 9.33. The molecule has 2 heterocycles. The lowest BCUT2D eigenvalue weighted by molar-refractivity contribution is -0.132. The average Bonchev–Trinajstić information content (AvgIpc) is 2.93. The van der Waals surface area contributed by atoms with Gasteiger partial charge in [0, 0.05) is 24.4 Å². The molecule has 2 nitrogen and oxygen atoms in total. The molecule has 1 aliphatic heterocycles. The fourth-order valence-corrected chi connectivity index (χ4v) is 4.31. The highest BCUT2D eigenvalue weighted by Crippen LogP contribution is 2.28. The fourth-order valence-electron chi connectivity index (χ4n) is 3.42. The van der Waals surface area contributed by atoms with E-state index in [2.05, 4.69) is 16.3 Å². The summed E-state index contributed by atoms with van der Waals surface area (Å²) in [4.78, 5) is 15.9. The Kier molecular flexibility index (Phi) is 4.21. The summed E-state index contributed by atoms with van der Waals surface area (Å²) < 4.78 is 0. The molecule has 0 saturated heterocycles. The molecule has 19 heavy (non-hydrogen) atoms. The molecule has 1 fully saturated rings. The zero-order chi connectivity index (χ0) is 13.1. The third-order valence-corrected chi connectivity index (χ3v) is 5.67. The highest BCUT2D eigenvalue weighted by molar-refractivity contribution is 7.10. The van der Waals surface area contributed by atoms with Crippen LogP contribution in [0.25, 0.3) is 0 Å². The smallest absolute Gasteiger partial charge is 0.222 e. The van der Waals surface area contributed by atoms with E-state index in [0.29, 0.717) is 5.91 Å². The van der Waals surface area contributed by atoms with Crippen molar-refractivity contribution in [3.05, 3.63) is 21.9 Å². The molecular formula is C16H23NOS.